The second kappa shape index (κ2) is 8.51. The quantitative estimate of drug-likeness (QED) is 0.563. The topological polar surface area (TPSA) is 106 Å². The first kappa shape index (κ1) is 20.6. The lowest BCUT2D eigenvalue weighted by molar-refractivity contribution is -0.137. The molecule has 1 aliphatic rings. The summed E-state index contributed by atoms with van der Waals surface area (Å²) in [7, 11) is 0. The average molecular weight is 408 g/mol. The lowest BCUT2D eigenvalue weighted by Crippen LogP contribution is -2.52. The number of benzene rings is 1. The summed E-state index contributed by atoms with van der Waals surface area (Å²) in [5.74, 6) is -0.658. The molecule has 4 N–H and O–H groups in total. The van der Waals surface area contributed by atoms with Crippen LogP contribution in [0, 0.1) is 0 Å². The molecule has 8 heteroatoms. The summed E-state index contributed by atoms with van der Waals surface area (Å²) in [6.45, 7) is 0.921. The third-order valence-electron chi connectivity index (χ3n) is 5.17. The molecule has 1 saturated carbocycles. The van der Waals surface area contributed by atoms with Crippen molar-refractivity contribution in [1.29, 1.82) is 0 Å². The summed E-state index contributed by atoms with van der Waals surface area (Å²) in [5, 5.41) is 23.6. The molecule has 2 amide bonds. The van der Waals surface area contributed by atoms with Gasteiger partial charge in [0.1, 0.15) is 11.3 Å². The van der Waals surface area contributed by atoms with Gasteiger partial charge in [-0.1, -0.05) is 24.4 Å². The summed E-state index contributed by atoms with van der Waals surface area (Å²) in [4.78, 5) is 29.8. The molecule has 1 fully saturated rings. The molecule has 2 aromatic rings. The Hall–Kier alpha value is -2.09. The molecule has 28 heavy (non-hydrogen) atoms. The fourth-order valence-electron chi connectivity index (χ4n) is 3.63. The second-order valence-corrected chi connectivity index (χ2v) is 8.15. The van der Waals surface area contributed by atoms with E-state index in [9.17, 15) is 19.8 Å². The van der Waals surface area contributed by atoms with Crippen molar-refractivity contribution in [3.63, 3.8) is 0 Å². The fourth-order valence-corrected chi connectivity index (χ4v) is 3.81. The molecule has 1 aromatic heterocycles. The maximum absolute atomic E-state index is 12.8. The van der Waals surface area contributed by atoms with Crippen LogP contribution in [0.2, 0.25) is 5.02 Å². The number of fused-ring (bicyclic) bond motifs is 1. The highest BCUT2D eigenvalue weighted by atomic mass is 35.5. The third kappa shape index (κ3) is 4.84. The number of carbonyl (C=O) groups is 2. The van der Waals surface area contributed by atoms with Crippen LogP contribution in [0.15, 0.2) is 24.3 Å². The zero-order valence-corrected chi connectivity index (χ0v) is 16.6. The molecule has 7 nitrogen and oxygen atoms in total. The third-order valence-corrected chi connectivity index (χ3v) is 5.40. The molecule has 0 saturated heterocycles. The Morgan fingerprint density at radius 1 is 1.32 bits per heavy atom. The summed E-state index contributed by atoms with van der Waals surface area (Å²) in [5.41, 5.74) is -0.245. The Kier molecular flexibility index (Phi) is 6.27. The number of aliphatic hydroxyl groups is 2. The second-order valence-electron chi connectivity index (χ2n) is 7.71. The molecular formula is C20H26ClN3O4. The highest BCUT2D eigenvalue weighted by Gasteiger charge is 2.32. The number of carbonyl (C=O) groups excluding carboxylic acids is 2. The molecular weight excluding hydrogens is 382 g/mol. The van der Waals surface area contributed by atoms with E-state index < -0.39 is 12.2 Å². The van der Waals surface area contributed by atoms with Crippen molar-refractivity contribution < 1.29 is 19.8 Å². The van der Waals surface area contributed by atoms with E-state index in [1.165, 1.54) is 6.92 Å². The molecule has 3 rings (SSSR count). The monoisotopic (exact) mass is 407 g/mol. The number of hydrogen-bond donors (Lipinski definition) is 4. The summed E-state index contributed by atoms with van der Waals surface area (Å²) < 4.78 is 0. The first-order chi connectivity index (χ1) is 13.3. The van der Waals surface area contributed by atoms with E-state index in [2.05, 4.69) is 10.3 Å². The largest absolute Gasteiger partial charge is 0.393 e. The van der Waals surface area contributed by atoms with Crippen LogP contribution in [0.1, 0.15) is 43.1 Å². The Morgan fingerprint density at radius 3 is 2.71 bits per heavy atom. The molecule has 0 radical (unpaired) electrons. The minimum absolute atomic E-state index is 0.0256. The van der Waals surface area contributed by atoms with Gasteiger partial charge in [-0.05, 0) is 44.0 Å². The maximum Gasteiger partial charge on any atom is 0.268 e. The minimum atomic E-state index is -1.38. The molecule has 1 atom stereocenters. The lowest BCUT2D eigenvalue weighted by atomic mass is 10.1. The van der Waals surface area contributed by atoms with Crippen molar-refractivity contribution in [1.82, 2.24) is 15.2 Å². The van der Waals surface area contributed by atoms with E-state index in [0.717, 1.165) is 36.6 Å². The number of nitrogens with one attached hydrogen (secondary N) is 2. The molecule has 0 bridgehead atoms. The Bertz CT molecular complexity index is 858. The van der Waals surface area contributed by atoms with Gasteiger partial charge < -0.3 is 25.4 Å². The highest BCUT2D eigenvalue weighted by Crippen LogP contribution is 2.25. The summed E-state index contributed by atoms with van der Waals surface area (Å²) >= 11 is 5.97. The van der Waals surface area contributed by atoms with Gasteiger partial charge in [0.05, 0.1) is 19.7 Å². The predicted molar refractivity (Wildman–Crippen MR) is 107 cm³/mol. The fraction of sp³-hybridized carbons (Fsp3) is 0.500. The van der Waals surface area contributed by atoms with Crippen LogP contribution in [0.4, 0.5) is 0 Å². The van der Waals surface area contributed by atoms with Crippen LogP contribution in [0.25, 0.3) is 10.9 Å². The van der Waals surface area contributed by atoms with Crippen molar-refractivity contribution in [3.05, 3.63) is 35.0 Å². The van der Waals surface area contributed by atoms with Gasteiger partial charge in [0.25, 0.3) is 5.91 Å². The van der Waals surface area contributed by atoms with E-state index in [-0.39, 0.29) is 30.9 Å². The van der Waals surface area contributed by atoms with Crippen LogP contribution >= 0.6 is 11.6 Å². The number of aromatic amines is 1. The Balaban J connectivity index is 1.66. The first-order valence-electron chi connectivity index (χ1n) is 9.48. The van der Waals surface area contributed by atoms with E-state index >= 15 is 0 Å². The number of nitrogens with zero attached hydrogens (tertiary/aromatic N) is 1. The first-order valence-corrected chi connectivity index (χ1v) is 9.86. The van der Waals surface area contributed by atoms with E-state index in [1.54, 1.807) is 29.2 Å². The molecule has 0 aliphatic heterocycles. The number of rotatable bonds is 7. The molecule has 152 valence electrons. The van der Waals surface area contributed by atoms with E-state index in [0.29, 0.717) is 10.7 Å². The van der Waals surface area contributed by atoms with Gasteiger partial charge in [0.2, 0.25) is 5.91 Å². The van der Waals surface area contributed by atoms with Gasteiger partial charge >= 0.3 is 0 Å². The molecule has 1 aliphatic carbocycles. The zero-order valence-electron chi connectivity index (χ0n) is 15.9. The lowest BCUT2D eigenvalue weighted by Gasteiger charge is -2.34. The number of amides is 2. The maximum atomic E-state index is 12.8. The van der Waals surface area contributed by atoms with Crippen molar-refractivity contribution in [2.24, 2.45) is 0 Å². The van der Waals surface area contributed by atoms with E-state index in [1.807, 2.05) is 0 Å². The van der Waals surface area contributed by atoms with Crippen LogP contribution < -0.4 is 5.32 Å². The number of aliphatic hydroxyl groups excluding tert-OH is 1. The number of H-pyrrole nitrogens is 1. The van der Waals surface area contributed by atoms with Gasteiger partial charge in [0.15, 0.2) is 0 Å². The number of hydrogen-bond acceptors (Lipinski definition) is 4. The highest BCUT2D eigenvalue weighted by molar-refractivity contribution is 6.31. The minimum Gasteiger partial charge on any atom is -0.393 e. The van der Waals surface area contributed by atoms with Gasteiger partial charge in [-0.25, -0.2) is 0 Å². The zero-order chi connectivity index (χ0) is 20.3. The average Bonchev–Trinajstić information content (AvgIpc) is 3.33. The van der Waals surface area contributed by atoms with Crippen molar-refractivity contribution in [2.45, 2.75) is 44.2 Å². The van der Waals surface area contributed by atoms with Gasteiger partial charge in [-0.2, -0.15) is 0 Å². The van der Waals surface area contributed by atoms with Crippen molar-refractivity contribution >= 4 is 34.3 Å². The standard InChI is InChI=1S/C20H26ClN3O4/c1-20(28,12-25)11-24(15-4-2-3-5-15)18(26)10-22-19(27)17-9-13-8-14(21)6-7-16(13)23-17/h6-9,15,23,25,28H,2-5,10-12H2,1H3,(H,22,27). The molecule has 1 heterocycles. The summed E-state index contributed by atoms with van der Waals surface area (Å²) in [6.07, 6.45) is 3.79. The van der Waals surface area contributed by atoms with E-state index in [4.69, 9.17) is 11.6 Å². The van der Waals surface area contributed by atoms with Crippen LogP contribution in [0.5, 0.6) is 0 Å². The van der Waals surface area contributed by atoms with Crippen LogP contribution in [-0.4, -0.2) is 63.3 Å². The van der Waals surface area contributed by atoms with Crippen molar-refractivity contribution in [2.75, 3.05) is 19.7 Å². The Labute approximate surface area is 168 Å². The number of halogens is 1. The van der Waals surface area contributed by atoms with Crippen LogP contribution in [-0.2, 0) is 4.79 Å². The normalized spacial score (nSPS) is 16.9. The Morgan fingerprint density at radius 2 is 2.04 bits per heavy atom. The van der Waals surface area contributed by atoms with Crippen LogP contribution in [0.3, 0.4) is 0 Å². The number of aromatic nitrogens is 1. The SMILES string of the molecule is CC(O)(CO)CN(C(=O)CNC(=O)c1cc2cc(Cl)ccc2[nH]1)C1CCCC1. The predicted octanol–water partition coefficient (Wildman–Crippen LogP) is 2.07. The van der Waals surface area contributed by atoms with Gasteiger partial charge in [0, 0.05) is 22.0 Å². The van der Waals surface area contributed by atoms with Gasteiger partial charge in [-0.3, -0.25) is 9.59 Å². The molecule has 0 spiro atoms. The van der Waals surface area contributed by atoms with Crippen molar-refractivity contribution in [3.8, 4) is 0 Å². The smallest absolute Gasteiger partial charge is 0.268 e. The molecule has 1 unspecified atom stereocenters. The molecule has 1 aromatic carbocycles. The van der Waals surface area contributed by atoms with Gasteiger partial charge in [-0.15, -0.1) is 0 Å². The summed E-state index contributed by atoms with van der Waals surface area (Å²) in [6, 6.07) is 6.99.